The predicted octanol–water partition coefficient (Wildman–Crippen LogP) is 0.374. The molecule has 0 radical (unpaired) electrons. The van der Waals surface area contributed by atoms with Crippen molar-refractivity contribution < 1.29 is 17.9 Å². The van der Waals surface area contributed by atoms with Crippen LogP contribution in [-0.2, 0) is 14.8 Å². The summed E-state index contributed by atoms with van der Waals surface area (Å²) in [5.74, 6) is 0.110. The minimum Gasteiger partial charge on any atom is -0.482 e. The van der Waals surface area contributed by atoms with Crippen LogP contribution < -0.4 is 15.4 Å². The van der Waals surface area contributed by atoms with Crippen molar-refractivity contribution >= 4 is 37.5 Å². The van der Waals surface area contributed by atoms with Gasteiger partial charge in [-0.1, -0.05) is 0 Å². The molecule has 114 valence electrons. The first-order valence-electron chi connectivity index (χ1n) is 6.45. The molecular formula is C12H14BrN3O4S. The van der Waals surface area contributed by atoms with E-state index in [9.17, 15) is 13.2 Å². The van der Waals surface area contributed by atoms with Crippen molar-refractivity contribution in [3.63, 3.8) is 0 Å². The highest BCUT2D eigenvalue weighted by Gasteiger charge is 2.30. The molecule has 0 bridgehead atoms. The number of carbonyl (C=O) groups is 1. The minimum atomic E-state index is -3.59. The van der Waals surface area contributed by atoms with Crippen LogP contribution in [0.25, 0.3) is 0 Å². The van der Waals surface area contributed by atoms with Gasteiger partial charge in [0, 0.05) is 36.7 Å². The highest BCUT2D eigenvalue weighted by molar-refractivity contribution is 9.10. The van der Waals surface area contributed by atoms with E-state index in [1.165, 1.54) is 10.4 Å². The first-order chi connectivity index (χ1) is 9.98. The Morgan fingerprint density at radius 1 is 1.24 bits per heavy atom. The smallest absolute Gasteiger partial charge is 0.262 e. The number of anilines is 1. The van der Waals surface area contributed by atoms with Gasteiger partial charge in [0.15, 0.2) is 6.61 Å². The van der Waals surface area contributed by atoms with Crippen LogP contribution in [0.4, 0.5) is 5.69 Å². The molecule has 2 heterocycles. The third kappa shape index (κ3) is 2.78. The second kappa shape index (κ2) is 5.56. The highest BCUT2D eigenvalue weighted by Crippen LogP contribution is 2.36. The molecule has 1 aromatic rings. The molecule has 9 heteroatoms. The van der Waals surface area contributed by atoms with Gasteiger partial charge in [-0.3, -0.25) is 4.79 Å². The van der Waals surface area contributed by atoms with Crippen LogP contribution >= 0.6 is 15.9 Å². The molecule has 21 heavy (non-hydrogen) atoms. The topological polar surface area (TPSA) is 87.7 Å². The number of rotatable bonds is 2. The minimum absolute atomic E-state index is 0.109. The lowest BCUT2D eigenvalue weighted by molar-refractivity contribution is -0.118. The lowest BCUT2D eigenvalue weighted by Gasteiger charge is -2.27. The Bertz CT molecular complexity index is 686. The summed E-state index contributed by atoms with van der Waals surface area (Å²) in [5.41, 5.74) is 0.470. The number of hydrogen-bond acceptors (Lipinski definition) is 5. The Hall–Kier alpha value is -1.16. The van der Waals surface area contributed by atoms with Crippen LogP contribution in [0.15, 0.2) is 21.5 Å². The summed E-state index contributed by atoms with van der Waals surface area (Å²) in [6.45, 7) is 2.03. The molecule has 0 saturated carbocycles. The van der Waals surface area contributed by atoms with Crippen LogP contribution in [-0.4, -0.2) is 51.4 Å². The largest absolute Gasteiger partial charge is 0.482 e. The van der Waals surface area contributed by atoms with E-state index in [1.54, 1.807) is 6.07 Å². The molecule has 0 unspecified atom stereocenters. The van der Waals surface area contributed by atoms with Gasteiger partial charge in [0.1, 0.15) is 10.6 Å². The van der Waals surface area contributed by atoms with Gasteiger partial charge in [-0.05, 0) is 22.0 Å². The summed E-state index contributed by atoms with van der Waals surface area (Å²) in [7, 11) is -3.59. The van der Waals surface area contributed by atoms with Crippen LogP contribution in [0, 0.1) is 0 Å². The zero-order chi connectivity index (χ0) is 15.0. The quantitative estimate of drug-likeness (QED) is 0.779. The molecule has 1 saturated heterocycles. The van der Waals surface area contributed by atoms with E-state index in [1.807, 2.05) is 0 Å². The maximum atomic E-state index is 12.7. The number of hydrogen-bond donors (Lipinski definition) is 2. The molecule has 7 nitrogen and oxygen atoms in total. The molecule has 2 aliphatic heterocycles. The maximum Gasteiger partial charge on any atom is 0.262 e. The molecular weight excluding hydrogens is 362 g/mol. The first kappa shape index (κ1) is 14.8. The number of halogens is 1. The van der Waals surface area contributed by atoms with E-state index in [2.05, 4.69) is 26.6 Å². The van der Waals surface area contributed by atoms with Crippen molar-refractivity contribution in [3.05, 3.63) is 16.6 Å². The second-order valence-corrected chi connectivity index (χ2v) is 7.53. The van der Waals surface area contributed by atoms with Gasteiger partial charge >= 0.3 is 0 Å². The number of piperazine rings is 1. The third-order valence-electron chi connectivity index (χ3n) is 3.36. The second-order valence-electron chi connectivity index (χ2n) is 4.77. The number of carbonyl (C=O) groups excluding carboxylic acids is 1. The summed E-state index contributed by atoms with van der Waals surface area (Å²) in [6.07, 6.45) is 0. The Labute approximate surface area is 130 Å². The Morgan fingerprint density at radius 3 is 2.67 bits per heavy atom. The number of sulfonamides is 1. The van der Waals surface area contributed by atoms with E-state index in [0.29, 0.717) is 42.1 Å². The summed E-state index contributed by atoms with van der Waals surface area (Å²) < 4.78 is 32.5. The molecule has 0 spiro atoms. The van der Waals surface area contributed by atoms with Crippen molar-refractivity contribution in [2.45, 2.75) is 4.90 Å². The number of benzene rings is 1. The molecule has 2 N–H and O–H groups in total. The molecule has 0 aromatic heterocycles. The number of nitrogens with one attached hydrogen (secondary N) is 2. The lowest BCUT2D eigenvalue weighted by atomic mass is 10.2. The summed E-state index contributed by atoms with van der Waals surface area (Å²) in [5, 5.41) is 5.76. The normalized spacial score (nSPS) is 19.6. The summed E-state index contributed by atoms with van der Waals surface area (Å²) in [4.78, 5) is 11.4. The van der Waals surface area contributed by atoms with Crippen molar-refractivity contribution in [1.82, 2.24) is 9.62 Å². The molecule has 3 rings (SSSR count). The molecule has 0 atom stereocenters. The van der Waals surface area contributed by atoms with Crippen molar-refractivity contribution in [3.8, 4) is 5.75 Å². The predicted molar refractivity (Wildman–Crippen MR) is 79.9 cm³/mol. The van der Waals surface area contributed by atoms with Crippen LogP contribution in [0.3, 0.4) is 0 Å². The zero-order valence-electron chi connectivity index (χ0n) is 11.1. The summed E-state index contributed by atoms with van der Waals surface area (Å²) in [6, 6.07) is 3.01. The SMILES string of the molecule is O=C1COc2cc(S(=O)(=O)N3CCNCC3)c(Br)cc2N1. The van der Waals surface area contributed by atoms with Gasteiger partial charge in [-0.15, -0.1) is 0 Å². The standard InChI is InChI=1S/C12H14BrN3O4S/c13-8-5-9-10(20-7-12(17)15-9)6-11(8)21(18,19)16-3-1-14-2-4-16/h5-6,14H,1-4,7H2,(H,15,17). The molecule has 1 amide bonds. The fourth-order valence-electron chi connectivity index (χ4n) is 2.30. The van der Waals surface area contributed by atoms with Gasteiger partial charge in [0.05, 0.1) is 5.69 Å². The Balaban J connectivity index is 2.00. The average molecular weight is 376 g/mol. The zero-order valence-corrected chi connectivity index (χ0v) is 13.5. The van der Waals surface area contributed by atoms with E-state index < -0.39 is 10.0 Å². The average Bonchev–Trinajstić information content (AvgIpc) is 2.47. The van der Waals surface area contributed by atoms with E-state index in [-0.39, 0.29) is 17.4 Å². The van der Waals surface area contributed by atoms with E-state index in [4.69, 9.17) is 4.74 Å². The number of ether oxygens (including phenoxy) is 1. The van der Waals surface area contributed by atoms with Crippen LogP contribution in [0.5, 0.6) is 5.75 Å². The molecule has 0 aliphatic carbocycles. The van der Waals surface area contributed by atoms with Crippen LogP contribution in [0.1, 0.15) is 0 Å². The monoisotopic (exact) mass is 375 g/mol. The maximum absolute atomic E-state index is 12.7. The van der Waals surface area contributed by atoms with Gasteiger partial charge in [0.25, 0.3) is 5.91 Å². The Kier molecular flexibility index (Phi) is 3.91. The van der Waals surface area contributed by atoms with Gasteiger partial charge in [-0.25, -0.2) is 8.42 Å². The van der Waals surface area contributed by atoms with Gasteiger partial charge in [0.2, 0.25) is 10.0 Å². The fraction of sp³-hybridized carbons (Fsp3) is 0.417. The third-order valence-corrected chi connectivity index (χ3v) is 6.22. The van der Waals surface area contributed by atoms with Gasteiger partial charge in [-0.2, -0.15) is 4.31 Å². The highest BCUT2D eigenvalue weighted by atomic mass is 79.9. The van der Waals surface area contributed by atoms with Crippen molar-refractivity contribution in [1.29, 1.82) is 0 Å². The van der Waals surface area contributed by atoms with Gasteiger partial charge < -0.3 is 15.4 Å². The number of nitrogens with zero attached hydrogens (tertiary/aromatic N) is 1. The van der Waals surface area contributed by atoms with E-state index >= 15 is 0 Å². The lowest BCUT2D eigenvalue weighted by Crippen LogP contribution is -2.46. The van der Waals surface area contributed by atoms with Crippen LogP contribution in [0.2, 0.25) is 0 Å². The van der Waals surface area contributed by atoms with Crippen molar-refractivity contribution in [2.75, 3.05) is 38.1 Å². The summed E-state index contributed by atoms with van der Waals surface area (Å²) >= 11 is 3.27. The fourth-order valence-corrected chi connectivity index (χ4v) is 4.76. The molecule has 1 aromatic carbocycles. The Morgan fingerprint density at radius 2 is 1.95 bits per heavy atom. The molecule has 1 fully saturated rings. The molecule has 2 aliphatic rings. The van der Waals surface area contributed by atoms with E-state index in [0.717, 1.165) is 0 Å². The number of fused-ring (bicyclic) bond motifs is 1. The first-order valence-corrected chi connectivity index (χ1v) is 8.69. The number of amides is 1. The van der Waals surface area contributed by atoms with Crippen molar-refractivity contribution in [2.24, 2.45) is 0 Å².